The Morgan fingerprint density at radius 1 is 1.00 bits per heavy atom. The van der Waals surface area contributed by atoms with Crippen molar-refractivity contribution in [3.05, 3.63) is 65.7 Å². The predicted molar refractivity (Wildman–Crippen MR) is 86.0 cm³/mol. The molecular formula is C17H10F4N2OS. The summed E-state index contributed by atoms with van der Waals surface area (Å²) < 4.78 is 52.5. The van der Waals surface area contributed by atoms with Crippen LogP contribution in [0.2, 0.25) is 0 Å². The predicted octanol–water partition coefficient (Wildman–Crippen LogP) is 4.76. The average molecular weight is 366 g/mol. The number of halogens is 4. The summed E-state index contributed by atoms with van der Waals surface area (Å²) in [7, 11) is 0. The van der Waals surface area contributed by atoms with Gasteiger partial charge >= 0.3 is 6.18 Å². The smallest absolute Gasteiger partial charge is 0.293 e. The van der Waals surface area contributed by atoms with E-state index in [4.69, 9.17) is 0 Å². The Bertz CT molecular complexity index is 943. The summed E-state index contributed by atoms with van der Waals surface area (Å²) in [6, 6.07) is 11.7. The zero-order valence-electron chi connectivity index (χ0n) is 12.5. The van der Waals surface area contributed by atoms with Gasteiger partial charge < -0.3 is 0 Å². The molecule has 3 rings (SSSR count). The zero-order chi connectivity index (χ0) is 18.0. The molecule has 0 amide bonds. The highest BCUT2D eigenvalue weighted by Crippen LogP contribution is 2.32. The van der Waals surface area contributed by atoms with Crippen molar-refractivity contribution in [2.45, 2.75) is 11.2 Å². The molecule has 8 heteroatoms. The molecule has 0 fully saturated rings. The van der Waals surface area contributed by atoms with Gasteiger partial charge in [0.2, 0.25) is 5.82 Å². The van der Waals surface area contributed by atoms with Crippen molar-refractivity contribution in [2.24, 2.45) is 0 Å². The van der Waals surface area contributed by atoms with E-state index in [0.29, 0.717) is 5.39 Å². The number of Topliss-reactive ketones (excluding diaryl/α,β-unsaturated/α-hetero) is 1. The highest BCUT2D eigenvalue weighted by Gasteiger charge is 2.35. The van der Waals surface area contributed by atoms with Crippen LogP contribution in [0.15, 0.2) is 53.6 Å². The van der Waals surface area contributed by atoms with E-state index < -0.39 is 23.6 Å². The molecule has 1 aromatic heterocycles. The molecule has 0 atom stereocenters. The van der Waals surface area contributed by atoms with Crippen molar-refractivity contribution in [1.29, 1.82) is 0 Å². The van der Waals surface area contributed by atoms with Crippen LogP contribution in [0.5, 0.6) is 0 Å². The average Bonchev–Trinajstić information content (AvgIpc) is 2.58. The third-order valence-corrected chi connectivity index (χ3v) is 4.33. The van der Waals surface area contributed by atoms with Gasteiger partial charge in [-0.1, -0.05) is 42.1 Å². The molecule has 0 aliphatic rings. The summed E-state index contributed by atoms with van der Waals surface area (Å²) in [6.45, 7) is 0. The zero-order valence-corrected chi connectivity index (χ0v) is 13.4. The largest absolute Gasteiger partial charge is 0.451 e. The van der Waals surface area contributed by atoms with Crippen molar-refractivity contribution in [1.82, 2.24) is 9.97 Å². The first-order valence-corrected chi connectivity index (χ1v) is 8.09. The first-order chi connectivity index (χ1) is 11.9. The van der Waals surface area contributed by atoms with Crippen molar-refractivity contribution < 1.29 is 22.4 Å². The standard InChI is InChI=1S/C17H10F4N2OS/c18-12-7-3-1-5-10(12)14(24)9-25-15-11-6-2-4-8-13(11)22-16(23-15)17(19,20)21/h1-8H,9H2. The van der Waals surface area contributed by atoms with E-state index in [2.05, 4.69) is 9.97 Å². The Labute approximate surface area is 144 Å². The Morgan fingerprint density at radius 2 is 1.68 bits per heavy atom. The highest BCUT2D eigenvalue weighted by molar-refractivity contribution is 8.00. The van der Waals surface area contributed by atoms with Crippen LogP contribution in [0, 0.1) is 5.82 Å². The number of carbonyl (C=O) groups excluding carboxylic acids is 1. The van der Waals surface area contributed by atoms with Crippen LogP contribution in [0.1, 0.15) is 16.2 Å². The lowest BCUT2D eigenvalue weighted by Gasteiger charge is -2.10. The van der Waals surface area contributed by atoms with Crippen LogP contribution >= 0.6 is 11.8 Å². The first kappa shape index (κ1) is 17.3. The molecule has 0 unspecified atom stereocenters. The third-order valence-electron chi connectivity index (χ3n) is 3.34. The van der Waals surface area contributed by atoms with Gasteiger partial charge in [-0.3, -0.25) is 4.79 Å². The minimum atomic E-state index is -4.70. The Balaban J connectivity index is 1.93. The number of fused-ring (bicyclic) bond motifs is 1. The van der Waals surface area contributed by atoms with Crippen molar-refractivity contribution >= 4 is 28.4 Å². The van der Waals surface area contributed by atoms with Crippen molar-refractivity contribution in [2.75, 3.05) is 5.75 Å². The van der Waals surface area contributed by atoms with Gasteiger partial charge in [0.25, 0.3) is 0 Å². The van der Waals surface area contributed by atoms with Crippen LogP contribution in [0.25, 0.3) is 10.9 Å². The molecule has 0 aliphatic heterocycles. The minimum absolute atomic E-state index is 0.0302. The van der Waals surface area contributed by atoms with E-state index in [1.165, 1.54) is 24.3 Å². The van der Waals surface area contributed by atoms with E-state index in [1.54, 1.807) is 18.2 Å². The second-order valence-electron chi connectivity index (χ2n) is 5.06. The number of hydrogen-bond acceptors (Lipinski definition) is 4. The lowest BCUT2D eigenvalue weighted by atomic mass is 10.1. The molecule has 3 aromatic rings. The van der Waals surface area contributed by atoms with Gasteiger partial charge in [0, 0.05) is 5.39 Å². The van der Waals surface area contributed by atoms with Gasteiger partial charge in [-0.25, -0.2) is 14.4 Å². The fourth-order valence-electron chi connectivity index (χ4n) is 2.18. The number of carbonyl (C=O) groups is 1. The number of para-hydroxylation sites is 1. The van der Waals surface area contributed by atoms with Crippen LogP contribution in [0.4, 0.5) is 17.6 Å². The van der Waals surface area contributed by atoms with Gasteiger partial charge in [0.15, 0.2) is 5.78 Å². The van der Waals surface area contributed by atoms with E-state index >= 15 is 0 Å². The lowest BCUT2D eigenvalue weighted by Crippen LogP contribution is -2.12. The normalized spacial score (nSPS) is 11.7. The first-order valence-electron chi connectivity index (χ1n) is 7.11. The molecule has 1 heterocycles. The second kappa shape index (κ2) is 6.79. The molecule has 25 heavy (non-hydrogen) atoms. The monoisotopic (exact) mass is 366 g/mol. The number of benzene rings is 2. The maximum absolute atomic E-state index is 13.6. The molecule has 0 bridgehead atoms. The van der Waals surface area contributed by atoms with E-state index in [1.807, 2.05) is 0 Å². The van der Waals surface area contributed by atoms with E-state index in [9.17, 15) is 22.4 Å². The Kier molecular flexibility index (Phi) is 4.71. The van der Waals surface area contributed by atoms with Crippen LogP contribution in [-0.2, 0) is 6.18 Å². The van der Waals surface area contributed by atoms with Gasteiger partial charge in [0.05, 0.1) is 16.8 Å². The molecule has 0 N–H and O–H groups in total. The van der Waals surface area contributed by atoms with Crippen LogP contribution in [0.3, 0.4) is 0 Å². The summed E-state index contributed by atoms with van der Waals surface area (Å²) in [5.41, 5.74) is 0.0232. The van der Waals surface area contributed by atoms with E-state index in [0.717, 1.165) is 17.8 Å². The summed E-state index contributed by atoms with van der Waals surface area (Å²) in [5, 5.41) is 0.435. The van der Waals surface area contributed by atoms with Crippen molar-refractivity contribution in [3.8, 4) is 0 Å². The maximum atomic E-state index is 13.6. The highest BCUT2D eigenvalue weighted by atomic mass is 32.2. The fourth-order valence-corrected chi connectivity index (χ4v) is 3.09. The van der Waals surface area contributed by atoms with Gasteiger partial charge in [-0.05, 0) is 18.2 Å². The topological polar surface area (TPSA) is 42.9 Å². The summed E-state index contributed by atoms with van der Waals surface area (Å²) in [6.07, 6.45) is -4.70. The molecular weight excluding hydrogens is 356 g/mol. The van der Waals surface area contributed by atoms with Crippen LogP contribution < -0.4 is 0 Å². The lowest BCUT2D eigenvalue weighted by molar-refractivity contribution is -0.145. The number of ketones is 1. The minimum Gasteiger partial charge on any atom is -0.293 e. The molecule has 0 saturated carbocycles. The Morgan fingerprint density at radius 3 is 2.40 bits per heavy atom. The third kappa shape index (κ3) is 3.79. The summed E-state index contributed by atoms with van der Waals surface area (Å²) in [5.74, 6) is -2.71. The van der Waals surface area contributed by atoms with E-state index in [-0.39, 0.29) is 21.9 Å². The molecule has 3 nitrogen and oxygen atoms in total. The maximum Gasteiger partial charge on any atom is 0.451 e. The number of alkyl halides is 3. The number of thioether (sulfide) groups is 1. The second-order valence-corrected chi connectivity index (χ2v) is 6.02. The molecule has 128 valence electrons. The molecule has 0 saturated heterocycles. The number of hydrogen-bond donors (Lipinski definition) is 0. The molecule has 0 radical (unpaired) electrons. The number of nitrogens with zero attached hydrogens (tertiary/aromatic N) is 2. The van der Waals surface area contributed by atoms with Gasteiger partial charge in [-0.15, -0.1) is 0 Å². The number of aromatic nitrogens is 2. The van der Waals surface area contributed by atoms with Crippen molar-refractivity contribution in [3.63, 3.8) is 0 Å². The molecule has 0 spiro atoms. The fraction of sp³-hybridized carbons (Fsp3) is 0.118. The van der Waals surface area contributed by atoms with Gasteiger partial charge in [-0.2, -0.15) is 13.2 Å². The van der Waals surface area contributed by atoms with Gasteiger partial charge in [0.1, 0.15) is 10.8 Å². The molecule has 0 aliphatic carbocycles. The quantitative estimate of drug-likeness (QED) is 0.289. The summed E-state index contributed by atoms with van der Waals surface area (Å²) >= 11 is 0.825. The molecule has 2 aromatic carbocycles. The number of rotatable bonds is 4. The van der Waals surface area contributed by atoms with Crippen LogP contribution in [-0.4, -0.2) is 21.5 Å². The Hall–Kier alpha value is -2.48. The SMILES string of the molecule is O=C(CSc1nc(C(F)(F)F)nc2ccccc12)c1ccccc1F. The summed E-state index contributed by atoms with van der Waals surface area (Å²) in [4.78, 5) is 19.2.